The third-order valence-electron chi connectivity index (χ3n) is 3.02. The summed E-state index contributed by atoms with van der Waals surface area (Å²) in [5.41, 5.74) is 2.85. The van der Waals surface area contributed by atoms with Gasteiger partial charge in [0.15, 0.2) is 0 Å². The molecule has 1 unspecified atom stereocenters. The van der Waals surface area contributed by atoms with Gasteiger partial charge in [-0.25, -0.2) is 14.6 Å². The van der Waals surface area contributed by atoms with Gasteiger partial charge in [-0.05, 0) is 26.0 Å². The van der Waals surface area contributed by atoms with Gasteiger partial charge in [-0.1, -0.05) is 11.6 Å². The zero-order valence-corrected chi connectivity index (χ0v) is 13.1. The summed E-state index contributed by atoms with van der Waals surface area (Å²) in [7, 11) is 0. The lowest BCUT2D eigenvalue weighted by Gasteiger charge is -2.14. The van der Waals surface area contributed by atoms with Crippen LogP contribution in [-0.2, 0) is 0 Å². The molecule has 3 aromatic heterocycles. The first-order chi connectivity index (χ1) is 10.1. The number of aliphatic hydroxyl groups excluding tert-OH is 1. The Labute approximate surface area is 130 Å². The number of aliphatic hydroxyl groups is 1. The molecule has 0 radical (unpaired) electrons. The van der Waals surface area contributed by atoms with Gasteiger partial charge in [-0.3, -0.25) is 0 Å². The number of rotatable bonds is 3. The van der Waals surface area contributed by atoms with E-state index in [2.05, 4.69) is 15.1 Å². The van der Waals surface area contributed by atoms with E-state index in [1.165, 1.54) is 11.3 Å². The minimum atomic E-state index is -0.729. The van der Waals surface area contributed by atoms with Gasteiger partial charge in [0.05, 0.1) is 11.8 Å². The zero-order chi connectivity index (χ0) is 15.0. The minimum absolute atomic E-state index is 0.297. The second-order valence-electron chi connectivity index (χ2n) is 4.65. The summed E-state index contributed by atoms with van der Waals surface area (Å²) in [5, 5.41) is 17.5. The van der Waals surface area contributed by atoms with E-state index in [0.29, 0.717) is 10.7 Å². The molecule has 21 heavy (non-hydrogen) atoms. The van der Waals surface area contributed by atoms with Crippen LogP contribution in [0.3, 0.4) is 0 Å². The molecule has 0 bridgehead atoms. The van der Waals surface area contributed by atoms with Crippen LogP contribution < -0.4 is 0 Å². The maximum Gasteiger partial charge on any atom is 0.143 e. The van der Waals surface area contributed by atoms with Crippen molar-refractivity contribution in [3.8, 4) is 16.4 Å². The van der Waals surface area contributed by atoms with Gasteiger partial charge in [0.25, 0.3) is 0 Å². The maximum atomic E-state index is 9.95. The number of halogens is 1. The van der Waals surface area contributed by atoms with Crippen molar-refractivity contribution in [2.24, 2.45) is 0 Å². The fraction of sp³-hybridized carbons (Fsp3) is 0.214. The Morgan fingerprint density at radius 1 is 1.43 bits per heavy atom. The highest BCUT2D eigenvalue weighted by molar-refractivity contribution is 7.13. The Kier molecular flexibility index (Phi) is 3.75. The molecular formula is C14H13ClN4OS. The van der Waals surface area contributed by atoms with Gasteiger partial charge in [0.2, 0.25) is 0 Å². The summed E-state index contributed by atoms with van der Waals surface area (Å²) in [6, 6.07) is 3.74. The van der Waals surface area contributed by atoms with E-state index >= 15 is 0 Å². The highest BCUT2D eigenvalue weighted by Crippen LogP contribution is 2.29. The number of pyridine rings is 1. The molecule has 3 rings (SSSR count). The Hall–Kier alpha value is -1.76. The molecule has 0 saturated carbocycles. The van der Waals surface area contributed by atoms with Crippen LogP contribution in [0.15, 0.2) is 29.9 Å². The first-order valence-electron chi connectivity index (χ1n) is 6.37. The Morgan fingerprint density at radius 3 is 2.90 bits per heavy atom. The van der Waals surface area contributed by atoms with Crippen LogP contribution in [0, 0.1) is 6.92 Å². The molecule has 1 N–H and O–H groups in total. The molecule has 0 spiro atoms. The summed E-state index contributed by atoms with van der Waals surface area (Å²) in [4.78, 5) is 8.43. The highest BCUT2D eigenvalue weighted by Gasteiger charge is 2.17. The number of thiazole rings is 1. The first kappa shape index (κ1) is 14.2. The number of hydrogen-bond acceptors (Lipinski definition) is 5. The topological polar surface area (TPSA) is 63.8 Å². The zero-order valence-electron chi connectivity index (χ0n) is 11.5. The van der Waals surface area contributed by atoms with Crippen LogP contribution in [0.1, 0.15) is 24.3 Å². The molecule has 0 aliphatic heterocycles. The van der Waals surface area contributed by atoms with Crippen LogP contribution >= 0.6 is 22.9 Å². The van der Waals surface area contributed by atoms with Gasteiger partial charge in [0.1, 0.15) is 15.9 Å². The standard InChI is InChI=1S/C14H13ClN4OS/c1-8-7-11(12(9(2)20)13(15)17-8)19-5-3-10(18-19)14-16-4-6-21-14/h3-7,9,20H,1-2H3. The number of hydrogen-bond donors (Lipinski definition) is 1. The fourth-order valence-corrected chi connectivity index (χ4v) is 3.12. The molecule has 3 heterocycles. The first-order valence-corrected chi connectivity index (χ1v) is 7.63. The summed E-state index contributed by atoms with van der Waals surface area (Å²) in [6.45, 7) is 3.51. The molecule has 0 amide bonds. The Morgan fingerprint density at radius 2 is 2.24 bits per heavy atom. The van der Waals surface area contributed by atoms with Gasteiger partial charge in [0, 0.05) is 29.0 Å². The van der Waals surface area contributed by atoms with Crippen LogP contribution in [-0.4, -0.2) is 24.9 Å². The summed E-state index contributed by atoms with van der Waals surface area (Å²) >= 11 is 7.69. The third-order valence-corrected chi connectivity index (χ3v) is 4.11. The summed E-state index contributed by atoms with van der Waals surface area (Å²) in [5.74, 6) is 0. The third kappa shape index (κ3) is 2.70. The monoisotopic (exact) mass is 320 g/mol. The molecule has 0 aliphatic carbocycles. The van der Waals surface area contributed by atoms with E-state index in [9.17, 15) is 5.11 Å². The average Bonchev–Trinajstić information content (AvgIpc) is 3.08. The fourth-order valence-electron chi connectivity index (χ4n) is 2.13. The molecule has 5 nitrogen and oxygen atoms in total. The van der Waals surface area contributed by atoms with Crippen molar-refractivity contribution in [2.45, 2.75) is 20.0 Å². The van der Waals surface area contributed by atoms with Gasteiger partial charge >= 0.3 is 0 Å². The molecule has 3 aromatic rings. The molecule has 7 heteroatoms. The minimum Gasteiger partial charge on any atom is -0.389 e. The molecule has 108 valence electrons. The van der Waals surface area contributed by atoms with Crippen molar-refractivity contribution in [2.75, 3.05) is 0 Å². The van der Waals surface area contributed by atoms with Crippen LogP contribution in [0.25, 0.3) is 16.4 Å². The van der Waals surface area contributed by atoms with E-state index in [1.54, 1.807) is 17.8 Å². The van der Waals surface area contributed by atoms with Crippen LogP contribution in [0.2, 0.25) is 5.15 Å². The normalized spacial score (nSPS) is 12.6. The molecule has 0 aliphatic rings. The lowest BCUT2D eigenvalue weighted by Crippen LogP contribution is -2.06. The predicted molar refractivity (Wildman–Crippen MR) is 82.8 cm³/mol. The number of aromatic nitrogens is 4. The molecule has 0 saturated heterocycles. The molecule has 0 fully saturated rings. The van der Waals surface area contributed by atoms with Crippen molar-refractivity contribution >= 4 is 22.9 Å². The SMILES string of the molecule is Cc1cc(-n2ccc(-c3nccs3)n2)c(C(C)O)c(Cl)n1. The van der Waals surface area contributed by atoms with Gasteiger partial charge < -0.3 is 5.11 Å². The second-order valence-corrected chi connectivity index (χ2v) is 5.90. The van der Waals surface area contributed by atoms with E-state index in [-0.39, 0.29) is 0 Å². The molecule has 0 aromatic carbocycles. The van der Waals surface area contributed by atoms with E-state index in [0.717, 1.165) is 22.1 Å². The van der Waals surface area contributed by atoms with Crippen molar-refractivity contribution in [1.29, 1.82) is 0 Å². The number of aryl methyl sites for hydroxylation is 1. The predicted octanol–water partition coefficient (Wildman–Crippen LogP) is 3.41. The largest absolute Gasteiger partial charge is 0.389 e. The van der Waals surface area contributed by atoms with Crippen LogP contribution in [0.4, 0.5) is 0 Å². The Bertz CT molecular complexity index is 767. The quantitative estimate of drug-likeness (QED) is 0.751. The smallest absolute Gasteiger partial charge is 0.143 e. The van der Waals surface area contributed by atoms with Crippen LogP contribution in [0.5, 0.6) is 0 Å². The Balaban J connectivity index is 2.12. The molecular weight excluding hydrogens is 308 g/mol. The highest BCUT2D eigenvalue weighted by atomic mass is 35.5. The van der Waals surface area contributed by atoms with Crippen molar-refractivity contribution in [3.63, 3.8) is 0 Å². The summed E-state index contributed by atoms with van der Waals surface area (Å²) < 4.78 is 1.69. The number of nitrogens with zero attached hydrogens (tertiary/aromatic N) is 4. The van der Waals surface area contributed by atoms with Gasteiger partial charge in [-0.2, -0.15) is 5.10 Å². The molecule has 1 atom stereocenters. The lowest BCUT2D eigenvalue weighted by atomic mass is 10.1. The second kappa shape index (κ2) is 5.55. The maximum absolute atomic E-state index is 9.95. The van der Waals surface area contributed by atoms with E-state index in [4.69, 9.17) is 11.6 Å². The summed E-state index contributed by atoms with van der Waals surface area (Å²) in [6.07, 6.45) is 2.84. The van der Waals surface area contributed by atoms with Crippen molar-refractivity contribution < 1.29 is 5.11 Å². The van der Waals surface area contributed by atoms with E-state index in [1.807, 2.05) is 30.6 Å². The van der Waals surface area contributed by atoms with Crippen molar-refractivity contribution in [1.82, 2.24) is 19.7 Å². The lowest BCUT2D eigenvalue weighted by molar-refractivity contribution is 0.198. The van der Waals surface area contributed by atoms with E-state index < -0.39 is 6.10 Å². The average molecular weight is 321 g/mol. The van der Waals surface area contributed by atoms with Crippen molar-refractivity contribution in [3.05, 3.63) is 46.3 Å². The van der Waals surface area contributed by atoms with Gasteiger partial charge in [-0.15, -0.1) is 11.3 Å².